The number of hydrogen-bond donors (Lipinski definition) is 0. The van der Waals surface area contributed by atoms with Gasteiger partial charge in [0.2, 0.25) is 0 Å². The van der Waals surface area contributed by atoms with Gasteiger partial charge in [-0.1, -0.05) is 37.1 Å². The normalized spacial score (nSPS) is 28.1. The van der Waals surface area contributed by atoms with Gasteiger partial charge in [0.1, 0.15) is 5.75 Å². The van der Waals surface area contributed by atoms with Gasteiger partial charge < -0.3 is 9.47 Å². The second kappa shape index (κ2) is 14.0. The molecule has 41 heavy (non-hydrogen) atoms. The van der Waals surface area contributed by atoms with Crippen LogP contribution in [0.2, 0.25) is 0 Å². The molecule has 1 aromatic rings. The molecule has 4 rings (SSSR count). The van der Waals surface area contributed by atoms with Gasteiger partial charge in [-0.3, -0.25) is 0 Å². The Morgan fingerprint density at radius 3 is 1.95 bits per heavy atom. The van der Waals surface area contributed by atoms with Crippen LogP contribution in [-0.2, 0) is 4.74 Å². The van der Waals surface area contributed by atoms with Crippen LogP contribution in [0.4, 0.5) is 30.7 Å². The second-order valence-corrected chi connectivity index (χ2v) is 12.0. The lowest BCUT2D eigenvalue weighted by Gasteiger charge is -2.37. The summed E-state index contributed by atoms with van der Waals surface area (Å²) < 4.78 is 109. The van der Waals surface area contributed by atoms with Crippen molar-refractivity contribution in [1.29, 1.82) is 0 Å². The van der Waals surface area contributed by atoms with Gasteiger partial charge in [0, 0.05) is 12.1 Å². The van der Waals surface area contributed by atoms with Crippen molar-refractivity contribution in [2.75, 3.05) is 0 Å². The standard InChI is InChI=1S/C32H41F7O2/c1-2-3-4-21-5-7-22(8-6-21)9-10-23-11-13-24(14-12-23)31(36,37)40-26-17-15-25(16-18-26)32(38,39)41-27-19-28(33)30(35)29(34)20-27/h5,9-10,19-20,22-26H,2-4,6-8,11-18H2,1H3/b10-9+. The summed E-state index contributed by atoms with van der Waals surface area (Å²) in [5.41, 5.74) is 1.56. The van der Waals surface area contributed by atoms with E-state index in [1.807, 2.05) is 0 Å². The lowest BCUT2D eigenvalue weighted by atomic mass is 9.80. The molecule has 0 aliphatic heterocycles. The van der Waals surface area contributed by atoms with E-state index in [0.29, 0.717) is 43.7 Å². The Morgan fingerprint density at radius 2 is 1.37 bits per heavy atom. The van der Waals surface area contributed by atoms with Crippen molar-refractivity contribution in [1.82, 2.24) is 0 Å². The summed E-state index contributed by atoms with van der Waals surface area (Å²) in [6.07, 6.45) is 7.53. The van der Waals surface area contributed by atoms with E-state index in [1.165, 1.54) is 19.3 Å². The van der Waals surface area contributed by atoms with Gasteiger partial charge in [-0.15, -0.1) is 0 Å². The highest BCUT2D eigenvalue weighted by atomic mass is 19.3. The molecule has 0 N–H and O–H groups in total. The number of alkyl halides is 4. The van der Waals surface area contributed by atoms with Gasteiger partial charge in [0.15, 0.2) is 17.5 Å². The fourth-order valence-corrected chi connectivity index (χ4v) is 6.34. The first kappa shape index (κ1) is 31.9. The molecule has 2 saturated carbocycles. The summed E-state index contributed by atoms with van der Waals surface area (Å²) in [4.78, 5) is 0. The average molecular weight is 591 g/mol. The van der Waals surface area contributed by atoms with E-state index < -0.39 is 53.4 Å². The van der Waals surface area contributed by atoms with Crippen molar-refractivity contribution >= 4 is 0 Å². The van der Waals surface area contributed by atoms with Gasteiger partial charge in [-0.25, -0.2) is 13.2 Å². The fourth-order valence-electron chi connectivity index (χ4n) is 6.34. The molecule has 0 bridgehead atoms. The number of ether oxygens (including phenoxy) is 2. The van der Waals surface area contributed by atoms with Crippen molar-refractivity contribution < 1.29 is 40.2 Å². The number of halogens is 7. The van der Waals surface area contributed by atoms with Crippen LogP contribution >= 0.6 is 0 Å². The number of unbranched alkanes of at least 4 members (excludes halogenated alkanes) is 1. The number of allylic oxidation sites excluding steroid dienone is 4. The van der Waals surface area contributed by atoms with Crippen molar-refractivity contribution in [3.8, 4) is 5.75 Å². The summed E-state index contributed by atoms with van der Waals surface area (Å²) in [6.45, 7) is 2.20. The highest BCUT2D eigenvalue weighted by molar-refractivity contribution is 5.25. The summed E-state index contributed by atoms with van der Waals surface area (Å²) in [5.74, 6) is -7.35. The third-order valence-electron chi connectivity index (χ3n) is 8.98. The number of rotatable bonds is 11. The first-order chi connectivity index (χ1) is 19.5. The monoisotopic (exact) mass is 590 g/mol. The molecular formula is C32H41F7O2. The Hall–Kier alpha value is -2.03. The Labute approximate surface area is 238 Å². The van der Waals surface area contributed by atoms with Crippen molar-refractivity contribution in [3.63, 3.8) is 0 Å². The zero-order chi connectivity index (χ0) is 29.6. The maximum absolute atomic E-state index is 15.0. The minimum atomic E-state index is -3.80. The molecular weight excluding hydrogens is 549 g/mol. The van der Waals surface area contributed by atoms with Gasteiger partial charge >= 0.3 is 12.2 Å². The van der Waals surface area contributed by atoms with Gasteiger partial charge in [0.25, 0.3) is 0 Å². The zero-order valence-corrected chi connectivity index (χ0v) is 23.6. The first-order valence-electron chi connectivity index (χ1n) is 15.1. The number of hydrogen-bond acceptors (Lipinski definition) is 2. The highest BCUT2D eigenvalue weighted by Crippen LogP contribution is 2.44. The van der Waals surface area contributed by atoms with Crippen molar-refractivity contribution in [2.45, 2.75) is 115 Å². The SMILES string of the molecule is CCCCC1=CCC(/C=C/C2CCC(C(F)(F)OC3CCC(C(F)(F)Oc4cc(F)c(F)c(F)c4)CC3)CC2)CC1. The van der Waals surface area contributed by atoms with E-state index in [9.17, 15) is 22.0 Å². The minimum Gasteiger partial charge on any atom is -0.432 e. The van der Waals surface area contributed by atoms with Crippen molar-refractivity contribution in [3.05, 3.63) is 53.4 Å². The molecule has 0 radical (unpaired) electrons. The smallest absolute Gasteiger partial charge is 0.400 e. The molecule has 0 heterocycles. The maximum atomic E-state index is 15.0. The highest BCUT2D eigenvalue weighted by Gasteiger charge is 2.48. The fraction of sp³-hybridized carbons (Fsp3) is 0.688. The quantitative estimate of drug-likeness (QED) is 0.145. The van der Waals surface area contributed by atoms with E-state index in [1.54, 1.807) is 5.57 Å². The second-order valence-electron chi connectivity index (χ2n) is 12.0. The third-order valence-corrected chi connectivity index (χ3v) is 8.98. The molecule has 3 aliphatic carbocycles. The molecule has 230 valence electrons. The summed E-state index contributed by atoms with van der Waals surface area (Å²) in [6, 6.07) is 0.701. The maximum Gasteiger partial charge on any atom is 0.400 e. The lowest BCUT2D eigenvalue weighted by Crippen LogP contribution is -2.42. The molecule has 1 aromatic carbocycles. The van der Waals surface area contributed by atoms with E-state index in [0.717, 1.165) is 19.3 Å². The molecule has 1 atom stereocenters. The van der Waals surface area contributed by atoms with Crippen LogP contribution in [-0.4, -0.2) is 18.3 Å². The molecule has 0 saturated heterocycles. The van der Waals surface area contributed by atoms with Crippen LogP contribution in [0.5, 0.6) is 5.75 Å². The minimum absolute atomic E-state index is 0.0145. The van der Waals surface area contributed by atoms with Crippen LogP contribution in [0.3, 0.4) is 0 Å². The molecule has 2 nitrogen and oxygen atoms in total. The van der Waals surface area contributed by atoms with Crippen LogP contribution in [0.25, 0.3) is 0 Å². The molecule has 9 heteroatoms. The van der Waals surface area contributed by atoms with Gasteiger partial charge in [-0.2, -0.15) is 17.6 Å². The van der Waals surface area contributed by atoms with E-state index in [2.05, 4.69) is 29.9 Å². The van der Waals surface area contributed by atoms with E-state index in [-0.39, 0.29) is 31.6 Å². The van der Waals surface area contributed by atoms with Gasteiger partial charge in [-0.05, 0) is 95.3 Å². The Morgan fingerprint density at radius 1 is 0.780 bits per heavy atom. The summed E-state index contributed by atoms with van der Waals surface area (Å²) in [7, 11) is 0. The van der Waals surface area contributed by atoms with Gasteiger partial charge in [0.05, 0.1) is 17.9 Å². The lowest BCUT2D eigenvalue weighted by molar-refractivity contribution is -0.305. The molecule has 1 unspecified atom stereocenters. The molecule has 2 fully saturated rings. The molecule has 0 aromatic heterocycles. The first-order valence-corrected chi connectivity index (χ1v) is 15.1. The van der Waals surface area contributed by atoms with E-state index >= 15 is 8.78 Å². The summed E-state index contributed by atoms with van der Waals surface area (Å²) in [5, 5.41) is 0. The van der Waals surface area contributed by atoms with Crippen LogP contribution in [0, 0.1) is 41.1 Å². The average Bonchev–Trinajstić information content (AvgIpc) is 2.94. The third kappa shape index (κ3) is 8.74. The topological polar surface area (TPSA) is 18.5 Å². The molecule has 3 aliphatic rings. The largest absolute Gasteiger partial charge is 0.432 e. The Kier molecular flexibility index (Phi) is 10.9. The van der Waals surface area contributed by atoms with Crippen LogP contribution in [0.1, 0.15) is 96.8 Å². The van der Waals surface area contributed by atoms with Crippen LogP contribution < -0.4 is 4.74 Å². The Balaban J connectivity index is 1.19. The predicted molar refractivity (Wildman–Crippen MR) is 143 cm³/mol. The molecule has 0 amide bonds. The molecule has 0 spiro atoms. The predicted octanol–water partition coefficient (Wildman–Crippen LogP) is 10.5. The van der Waals surface area contributed by atoms with Crippen molar-refractivity contribution in [2.24, 2.45) is 23.7 Å². The zero-order valence-electron chi connectivity index (χ0n) is 23.6. The van der Waals surface area contributed by atoms with E-state index in [4.69, 9.17) is 4.74 Å². The Bertz CT molecular complexity index is 1030. The summed E-state index contributed by atoms with van der Waals surface area (Å²) >= 11 is 0. The number of benzene rings is 1. The van der Waals surface area contributed by atoms with Crippen LogP contribution in [0.15, 0.2) is 35.9 Å².